The van der Waals surface area contributed by atoms with Gasteiger partial charge in [-0.1, -0.05) is 22.9 Å². The van der Waals surface area contributed by atoms with Gasteiger partial charge in [-0.25, -0.2) is 18.3 Å². The molecule has 2 aromatic carbocycles. The summed E-state index contributed by atoms with van der Waals surface area (Å²) < 4.78 is 35.9. The molecule has 0 aliphatic carbocycles. The zero-order valence-corrected chi connectivity index (χ0v) is 25.5. The van der Waals surface area contributed by atoms with E-state index in [4.69, 9.17) is 16.3 Å². The van der Waals surface area contributed by atoms with Gasteiger partial charge in [0.1, 0.15) is 23.3 Å². The topological polar surface area (TPSA) is 80.6 Å². The molecule has 1 aromatic heterocycles. The fourth-order valence-corrected chi connectivity index (χ4v) is 6.29. The summed E-state index contributed by atoms with van der Waals surface area (Å²) in [6.07, 6.45) is 2.60. The summed E-state index contributed by atoms with van der Waals surface area (Å²) in [5.74, 6) is -0.999. The van der Waals surface area contributed by atoms with Crippen LogP contribution in [0.5, 0.6) is 0 Å². The van der Waals surface area contributed by atoms with Crippen LogP contribution in [0.1, 0.15) is 81.8 Å². The number of carbonyl (C=O) groups excluding carboxylic acids is 2. The Morgan fingerprint density at radius 3 is 2.57 bits per heavy atom. The number of fused-ring (bicyclic) bond motifs is 1. The van der Waals surface area contributed by atoms with Crippen molar-refractivity contribution in [3.05, 3.63) is 75.6 Å². The number of benzene rings is 2. The number of ether oxygens (including phenoxy) is 1. The summed E-state index contributed by atoms with van der Waals surface area (Å²) in [4.78, 5) is 30.4. The van der Waals surface area contributed by atoms with Crippen LogP contribution in [0.3, 0.4) is 0 Å². The van der Waals surface area contributed by atoms with E-state index in [1.807, 2.05) is 20.0 Å². The molecule has 11 heteroatoms. The van der Waals surface area contributed by atoms with Crippen LogP contribution in [0.2, 0.25) is 5.02 Å². The van der Waals surface area contributed by atoms with Crippen molar-refractivity contribution in [1.82, 2.24) is 19.9 Å². The molecule has 5 rings (SSSR count). The van der Waals surface area contributed by atoms with Crippen LogP contribution >= 0.6 is 11.6 Å². The number of nitrogens with zero attached hydrogens (tertiary/aromatic N) is 5. The Morgan fingerprint density at radius 2 is 1.90 bits per heavy atom. The number of likely N-dealkylation sites (tertiary alicyclic amines) is 1. The van der Waals surface area contributed by atoms with E-state index < -0.39 is 29.4 Å². The first-order valence-electron chi connectivity index (χ1n) is 14.2. The maximum absolute atomic E-state index is 15.0. The van der Waals surface area contributed by atoms with Gasteiger partial charge in [0.25, 0.3) is 0 Å². The van der Waals surface area contributed by atoms with Crippen LogP contribution in [0.4, 0.5) is 19.3 Å². The molecule has 0 radical (unpaired) electrons. The number of amides is 2. The van der Waals surface area contributed by atoms with Gasteiger partial charge < -0.3 is 9.64 Å². The summed E-state index contributed by atoms with van der Waals surface area (Å²) in [5.41, 5.74) is 2.15. The summed E-state index contributed by atoms with van der Waals surface area (Å²) >= 11 is 6.26. The zero-order chi connectivity index (χ0) is 30.5. The van der Waals surface area contributed by atoms with E-state index in [1.54, 1.807) is 49.4 Å². The van der Waals surface area contributed by atoms with Crippen LogP contribution < -0.4 is 4.90 Å². The standard InChI is InChI=1S/C31H36ClF2N5O3/c1-17-11-25(34)23-15-28(39(27(23)12-17)30(41)42-31(4,5)6)29(40)37-10-9-20(13-18(37)2)26-16-38(36-35-26)19(3)22-8-7-21(33)14-24(22)32/h7-8,11-12,14,16,18-20,28H,9-10,13,15H2,1-6H3/t18?,19-,20?,28?/m1/s1. The van der Waals surface area contributed by atoms with Crippen LogP contribution in [0, 0.1) is 18.6 Å². The van der Waals surface area contributed by atoms with Gasteiger partial charge in [0.15, 0.2) is 0 Å². The zero-order valence-electron chi connectivity index (χ0n) is 24.7. The van der Waals surface area contributed by atoms with Crippen molar-refractivity contribution in [3.63, 3.8) is 0 Å². The van der Waals surface area contributed by atoms with Crippen molar-refractivity contribution in [2.45, 2.75) is 90.4 Å². The van der Waals surface area contributed by atoms with Crippen molar-refractivity contribution >= 4 is 29.3 Å². The summed E-state index contributed by atoms with van der Waals surface area (Å²) in [6, 6.07) is 6.15. The minimum atomic E-state index is -0.896. The molecule has 1 saturated heterocycles. The Bertz CT molecular complexity index is 1520. The number of halogens is 3. The molecule has 3 heterocycles. The second-order valence-corrected chi connectivity index (χ2v) is 12.8. The predicted octanol–water partition coefficient (Wildman–Crippen LogP) is 6.59. The maximum atomic E-state index is 15.0. The van der Waals surface area contributed by atoms with Gasteiger partial charge in [0.05, 0.1) is 17.4 Å². The van der Waals surface area contributed by atoms with Crippen LogP contribution in [-0.2, 0) is 16.0 Å². The van der Waals surface area contributed by atoms with Gasteiger partial charge in [-0.3, -0.25) is 9.69 Å². The monoisotopic (exact) mass is 599 g/mol. The number of hydrogen-bond donors (Lipinski definition) is 0. The van der Waals surface area contributed by atoms with E-state index in [1.165, 1.54) is 23.1 Å². The van der Waals surface area contributed by atoms with Crippen molar-refractivity contribution < 1.29 is 23.1 Å². The molecule has 0 saturated carbocycles. The Balaban J connectivity index is 1.32. The number of aryl methyl sites for hydroxylation is 1. The average Bonchev–Trinajstić information content (AvgIpc) is 3.53. The largest absolute Gasteiger partial charge is 0.443 e. The number of piperidine rings is 1. The minimum Gasteiger partial charge on any atom is -0.443 e. The molecule has 0 bridgehead atoms. The SMILES string of the molecule is Cc1cc(F)c2c(c1)N(C(=O)OC(C)(C)C)C(C(=O)N1CCC(c3cn([C@H](C)c4ccc(F)cc4Cl)nn3)CC1C)C2. The molecule has 42 heavy (non-hydrogen) atoms. The quantitative estimate of drug-likeness (QED) is 0.338. The Morgan fingerprint density at radius 1 is 1.17 bits per heavy atom. The molecular formula is C31H36ClF2N5O3. The number of anilines is 1. The molecule has 2 aliphatic heterocycles. The molecule has 8 nitrogen and oxygen atoms in total. The van der Waals surface area contributed by atoms with Gasteiger partial charge in [-0.05, 0) is 89.8 Å². The lowest BCUT2D eigenvalue weighted by atomic mass is 9.88. The summed E-state index contributed by atoms with van der Waals surface area (Å²) in [5, 5.41) is 9.05. The fourth-order valence-electron chi connectivity index (χ4n) is 5.97. The first-order chi connectivity index (χ1) is 19.7. The highest BCUT2D eigenvalue weighted by Crippen LogP contribution is 2.39. The number of aromatic nitrogens is 3. The van der Waals surface area contributed by atoms with Crippen LogP contribution in [0.15, 0.2) is 36.5 Å². The smallest absolute Gasteiger partial charge is 0.415 e. The van der Waals surface area contributed by atoms with Crippen molar-refractivity contribution in [2.24, 2.45) is 0 Å². The van der Waals surface area contributed by atoms with Crippen molar-refractivity contribution in [3.8, 4) is 0 Å². The lowest BCUT2D eigenvalue weighted by molar-refractivity contribution is -0.136. The molecule has 4 atom stereocenters. The molecule has 0 spiro atoms. The van der Waals surface area contributed by atoms with E-state index in [0.29, 0.717) is 41.2 Å². The van der Waals surface area contributed by atoms with Crippen LogP contribution in [-0.4, -0.2) is 56.1 Å². The first kappa shape index (κ1) is 29.9. The summed E-state index contributed by atoms with van der Waals surface area (Å²) in [6.45, 7) is 11.4. The number of rotatable bonds is 4. The van der Waals surface area contributed by atoms with Gasteiger partial charge in [-0.15, -0.1) is 5.10 Å². The van der Waals surface area contributed by atoms with E-state index >= 15 is 0 Å². The second-order valence-electron chi connectivity index (χ2n) is 12.4. The molecular weight excluding hydrogens is 564 g/mol. The highest BCUT2D eigenvalue weighted by atomic mass is 35.5. The molecule has 224 valence electrons. The van der Waals surface area contributed by atoms with Crippen molar-refractivity contribution in [1.29, 1.82) is 0 Å². The molecule has 3 unspecified atom stereocenters. The van der Waals surface area contributed by atoms with Crippen LogP contribution in [0.25, 0.3) is 0 Å². The number of carbonyl (C=O) groups is 2. The highest BCUT2D eigenvalue weighted by molar-refractivity contribution is 6.31. The third kappa shape index (κ3) is 5.86. The molecule has 0 N–H and O–H groups in total. The third-order valence-electron chi connectivity index (χ3n) is 8.08. The Hall–Kier alpha value is -3.53. The highest BCUT2D eigenvalue weighted by Gasteiger charge is 2.45. The lowest BCUT2D eigenvalue weighted by Gasteiger charge is -2.40. The maximum Gasteiger partial charge on any atom is 0.415 e. The van der Waals surface area contributed by atoms with Gasteiger partial charge in [0.2, 0.25) is 5.91 Å². The first-order valence-corrected chi connectivity index (χ1v) is 14.6. The Kier molecular flexibility index (Phi) is 8.04. The predicted molar refractivity (Wildman–Crippen MR) is 156 cm³/mol. The second kappa shape index (κ2) is 11.3. The van der Waals surface area contributed by atoms with Gasteiger partial charge in [0, 0.05) is 41.7 Å². The fraction of sp³-hybridized carbons (Fsp3) is 0.484. The molecule has 3 aromatic rings. The average molecular weight is 600 g/mol. The van der Waals surface area contributed by atoms with Gasteiger partial charge in [-0.2, -0.15) is 0 Å². The molecule has 2 amide bonds. The summed E-state index contributed by atoms with van der Waals surface area (Å²) in [7, 11) is 0. The normalized spacial score (nSPS) is 21.3. The van der Waals surface area contributed by atoms with E-state index in [-0.39, 0.29) is 30.3 Å². The van der Waals surface area contributed by atoms with Crippen molar-refractivity contribution in [2.75, 3.05) is 11.4 Å². The Labute approximate surface area is 249 Å². The van der Waals surface area contributed by atoms with E-state index in [9.17, 15) is 18.4 Å². The van der Waals surface area contributed by atoms with Gasteiger partial charge >= 0.3 is 6.09 Å². The van der Waals surface area contributed by atoms with E-state index in [0.717, 1.165) is 11.3 Å². The molecule has 2 aliphatic rings. The number of hydrogen-bond acceptors (Lipinski definition) is 5. The van der Waals surface area contributed by atoms with E-state index in [2.05, 4.69) is 10.3 Å². The molecule has 1 fully saturated rings. The lowest BCUT2D eigenvalue weighted by Crippen LogP contribution is -2.54. The minimum absolute atomic E-state index is 0.0662. The third-order valence-corrected chi connectivity index (χ3v) is 8.40.